The molecule has 1 N–H and O–H groups in total. The van der Waals surface area contributed by atoms with Gasteiger partial charge in [-0.2, -0.15) is 5.10 Å². The summed E-state index contributed by atoms with van der Waals surface area (Å²) in [7, 11) is 0. The first-order valence-electron chi connectivity index (χ1n) is 7.06. The number of anilines is 1. The second-order valence-corrected chi connectivity index (χ2v) is 6.13. The van der Waals surface area contributed by atoms with E-state index < -0.39 is 6.04 Å². The highest BCUT2D eigenvalue weighted by atomic mass is 32.2. The van der Waals surface area contributed by atoms with Gasteiger partial charge in [-0.1, -0.05) is 30.0 Å². The highest BCUT2D eigenvalue weighted by molar-refractivity contribution is 8.14. The van der Waals surface area contributed by atoms with Crippen molar-refractivity contribution in [3.63, 3.8) is 0 Å². The number of rotatable bonds is 3. The summed E-state index contributed by atoms with van der Waals surface area (Å²) in [5.74, 6) is 0.592. The van der Waals surface area contributed by atoms with E-state index in [-0.39, 0.29) is 11.7 Å². The van der Waals surface area contributed by atoms with Gasteiger partial charge in [0.1, 0.15) is 11.8 Å². The summed E-state index contributed by atoms with van der Waals surface area (Å²) in [6.45, 7) is 2.24. The molecule has 22 heavy (non-hydrogen) atoms. The minimum atomic E-state index is -0.429. The van der Waals surface area contributed by atoms with Crippen LogP contribution in [0.2, 0.25) is 0 Å². The highest BCUT2D eigenvalue weighted by Crippen LogP contribution is 2.25. The molecule has 7 heteroatoms. The number of nitrogens with zero attached hydrogens (tertiary/aromatic N) is 3. The van der Waals surface area contributed by atoms with Crippen LogP contribution >= 0.6 is 11.8 Å². The first-order valence-corrected chi connectivity index (χ1v) is 8.04. The minimum Gasteiger partial charge on any atom is -0.300 e. The van der Waals surface area contributed by atoms with Crippen LogP contribution in [0.4, 0.5) is 5.69 Å². The van der Waals surface area contributed by atoms with E-state index in [1.807, 2.05) is 30.3 Å². The predicted octanol–water partition coefficient (Wildman–Crippen LogP) is 1.43. The molecule has 114 valence electrons. The number of carbonyl (C=O) groups excluding carboxylic acids is 2. The van der Waals surface area contributed by atoms with Crippen LogP contribution in [0.3, 0.4) is 0 Å². The average molecular weight is 316 g/mol. The Kier molecular flexibility index (Phi) is 4.24. The molecule has 1 amide bonds. The molecule has 1 atom stereocenters. The molecular weight excluding hydrogens is 300 g/mol. The number of amidine groups is 1. The Hall–Kier alpha value is -2.15. The molecule has 0 saturated carbocycles. The second kappa shape index (κ2) is 6.31. The average Bonchev–Trinajstić information content (AvgIpc) is 3.17. The van der Waals surface area contributed by atoms with Crippen LogP contribution in [0, 0.1) is 0 Å². The number of para-hydroxylation sites is 1. The van der Waals surface area contributed by atoms with E-state index in [1.54, 1.807) is 5.01 Å². The van der Waals surface area contributed by atoms with Crippen molar-refractivity contribution in [3.05, 3.63) is 30.3 Å². The van der Waals surface area contributed by atoms with Crippen molar-refractivity contribution >= 4 is 40.0 Å². The smallest absolute Gasteiger partial charge is 0.273 e. The van der Waals surface area contributed by atoms with E-state index in [0.29, 0.717) is 17.3 Å². The molecule has 0 spiro atoms. The molecule has 2 aliphatic heterocycles. The lowest BCUT2D eigenvalue weighted by Gasteiger charge is -2.20. The number of ketones is 1. The van der Waals surface area contributed by atoms with Gasteiger partial charge in [-0.15, -0.1) is 0 Å². The third-order valence-electron chi connectivity index (χ3n) is 3.47. The third-order valence-corrected chi connectivity index (χ3v) is 4.36. The van der Waals surface area contributed by atoms with Gasteiger partial charge >= 0.3 is 0 Å². The molecule has 0 bridgehead atoms. The van der Waals surface area contributed by atoms with E-state index in [2.05, 4.69) is 15.4 Å². The van der Waals surface area contributed by atoms with Crippen molar-refractivity contribution < 1.29 is 9.59 Å². The lowest BCUT2D eigenvalue weighted by molar-refractivity contribution is -0.118. The van der Waals surface area contributed by atoms with Crippen LogP contribution in [0.1, 0.15) is 13.3 Å². The van der Waals surface area contributed by atoms with Crippen LogP contribution < -0.4 is 10.3 Å². The van der Waals surface area contributed by atoms with Crippen molar-refractivity contribution in [1.82, 2.24) is 5.32 Å². The van der Waals surface area contributed by atoms with Crippen molar-refractivity contribution in [1.29, 1.82) is 0 Å². The Balaban J connectivity index is 1.80. The van der Waals surface area contributed by atoms with Gasteiger partial charge in [0.25, 0.3) is 5.91 Å². The van der Waals surface area contributed by atoms with Gasteiger partial charge in [0.15, 0.2) is 11.0 Å². The number of hydrazone groups is 1. The molecule has 0 radical (unpaired) electrons. The van der Waals surface area contributed by atoms with Crippen LogP contribution in [0.5, 0.6) is 0 Å². The Morgan fingerprint density at radius 2 is 2.09 bits per heavy atom. The Bertz CT molecular complexity index is 657. The molecule has 2 aliphatic rings. The molecule has 1 aromatic rings. The van der Waals surface area contributed by atoms with Gasteiger partial charge in [0, 0.05) is 12.2 Å². The number of carbonyl (C=O) groups is 2. The van der Waals surface area contributed by atoms with Crippen LogP contribution in [-0.2, 0) is 9.59 Å². The Morgan fingerprint density at radius 3 is 2.73 bits per heavy atom. The lowest BCUT2D eigenvalue weighted by Crippen LogP contribution is -2.35. The maximum Gasteiger partial charge on any atom is 0.273 e. The topological polar surface area (TPSA) is 74.1 Å². The fraction of sp³-hybridized carbons (Fsp3) is 0.333. The molecule has 3 rings (SSSR count). The molecule has 0 fully saturated rings. The Morgan fingerprint density at radius 1 is 1.32 bits per heavy atom. The lowest BCUT2D eigenvalue weighted by atomic mass is 10.1. The minimum absolute atomic E-state index is 0.0111. The van der Waals surface area contributed by atoms with E-state index >= 15 is 0 Å². The fourth-order valence-electron chi connectivity index (χ4n) is 2.36. The van der Waals surface area contributed by atoms with Gasteiger partial charge in [-0.3, -0.25) is 19.6 Å². The fourth-order valence-corrected chi connectivity index (χ4v) is 3.09. The number of hydrogen-bond acceptors (Lipinski definition) is 6. The first-order chi connectivity index (χ1) is 10.6. The zero-order chi connectivity index (χ0) is 15.5. The van der Waals surface area contributed by atoms with E-state index in [1.165, 1.54) is 18.7 Å². The van der Waals surface area contributed by atoms with Crippen LogP contribution in [-0.4, -0.2) is 40.9 Å². The Labute approximate surface area is 132 Å². The number of Topliss-reactive ketones (excluding diaryl/α,β-unsaturated/α-hetero) is 1. The van der Waals surface area contributed by atoms with E-state index in [0.717, 1.165) is 18.0 Å². The quantitative estimate of drug-likeness (QED) is 0.915. The molecule has 2 heterocycles. The highest BCUT2D eigenvalue weighted by Gasteiger charge is 2.34. The summed E-state index contributed by atoms with van der Waals surface area (Å²) >= 11 is 1.52. The number of nitrogens with one attached hydrogen (secondary N) is 1. The summed E-state index contributed by atoms with van der Waals surface area (Å²) in [4.78, 5) is 28.3. The zero-order valence-electron chi connectivity index (χ0n) is 12.2. The van der Waals surface area contributed by atoms with Gasteiger partial charge in [-0.05, 0) is 19.1 Å². The van der Waals surface area contributed by atoms with Gasteiger partial charge in [-0.25, -0.2) is 0 Å². The monoisotopic (exact) mass is 316 g/mol. The molecule has 0 aliphatic carbocycles. The summed E-state index contributed by atoms with van der Waals surface area (Å²) in [5, 5.41) is 9.37. The van der Waals surface area contributed by atoms with E-state index in [4.69, 9.17) is 0 Å². The molecular formula is C15H16N4O2S. The number of thioether (sulfide) groups is 1. The van der Waals surface area contributed by atoms with Crippen LogP contribution in [0.25, 0.3) is 0 Å². The number of hydrogen-bond donors (Lipinski definition) is 1. The van der Waals surface area contributed by atoms with Gasteiger partial charge in [0.2, 0.25) is 0 Å². The van der Waals surface area contributed by atoms with Crippen molar-refractivity contribution in [2.45, 2.75) is 19.4 Å². The van der Waals surface area contributed by atoms with E-state index in [9.17, 15) is 9.59 Å². The molecule has 0 saturated heterocycles. The number of aliphatic imine (C=N–C) groups is 1. The first kappa shape index (κ1) is 14.8. The van der Waals surface area contributed by atoms with Crippen LogP contribution in [0.15, 0.2) is 40.4 Å². The van der Waals surface area contributed by atoms with Gasteiger partial charge in [0.05, 0.1) is 12.2 Å². The zero-order valence-corrected chi connectivity index (χ0v) is 13.0. The molecule has 0 aromatic heterocycles. The van der Waals surface area contributed by atoms with Crippen molar-refractivity contribution in [2.75, 3.05) is 17.3 Å². The standard InChI is InChI=1S/C15H16N4O2S/c1-10(20)13-9-12(14(21)17-15-16-7-8-22-15)18-19(13)11-5-3-2-4-6-11/h2-6,13H,7-9H2,1H3,(H,16,17,21)/t13-/m0/s1. The summed E-state index contributed by atoms with van der Waals surface area (Å²) in [5.41, 5.74) is 1.16. The summed E-state index contributed by atoms with van der Waals surface area (Å²) < 4.78 is 0. The SMILES string of the molecule is CC(=O)[C@@H]1CC(C(=O)NC2=NCCS2)=NN1c1ccccc1. The third kappa shape index (κ3) is 3.04. The maximum absolute atomic E-state index is 12.3. The normalized spacial score (nSPS) is 20.6. The largest absolute Gasteiger partial charge is 0.300 e. The second-order valence-electron chi connectivity index (χ2n) is 5.05. The summed E-state index contributed by atoms with van der Waals surface area (Å²) in [6.07, 6.45) is 0.313. The maximum atomic E-state index is 12.3. The number of amides is 1. The molecule has 0 unspecified atom stereocenters. The molecule has 6 nitrogen and oxygen atoms in total. The molecule has 1 aromatic carbocycles. The van der Waals surface area contributed by atoms with Crippen molar-refractivity contribution in [2.24, 2.45) is 10.1 Å². The predicted molar refractivity (Wildman–Crippen MR) is 88.3 cm³/mol. The van der Waals surface area contributed by atoms with Crippen molar-refractivity contribution in [3.8, 4) is 0 Å². The number of benzene rings is 1. The van der Waals surface area contributed by atoms with Gasteiger partial charge < -0.3 is 5.32 Å². The summed E-state index contributed by atoms with van der Waals surface area (Å²) in [6, 6.07) is 8.97.